The molecule has 0 aliphatic heterocycles. The summed E-state index contributed by atoms with van der Waals surface area (Å²) in [4.78, 5) is 19.0. The lowest BCUT2D eigenvalue weighted by molar-refractivity contribution is -0.114. The minimum atomic E-state index is -2.58. The Bertz CT molecular complexity index is 1120. The van der Waals surface area contributed by atoms with Crippen LogP contribution in [-0.2, 0) is 4.79 Å². The number of rotatable bonds is 10. The number of aliphatic hydroxyl groups is 1. The smallest absolute Gasteiger partial charge is 0.263 e. The van der Waals surface area contributed by atoms with Gasteiger partial charge >= 0.3 is 0 Å². The van der Waals surface area contributed by atoms with Gasteiger partial charge < -0.3 is 21.1 Å². The Balaban J connectivity index is 2.43. The molecule has 2 atom stereocenters. The molecule has 0 saturated carbocycles. The van der Waals surface area contributed by atoms with Crippen molar-refractivity contribution in [2.45, 2.75) is 39.3 Å². The lowest BCUT2D eigenvalue weighted by Crippen LogP contribution is -2.31. The van der Waals surface area contributed by atoms with Crippen molar-refractivity contribution in [1.29, 1.82) is 0 Å². The molecule has 2 aromatic rings. The third kappa shape index (κ3) is 7.63. The molecule has 188 valence electrons. The summed E-state index contributed by atoms with van der Waals surface area (Å²) in [6.07, 6.45) is -0.365. The second-order valence-corrected chi connectivity index (χ2v) is 8.72. The highest BCUT2D eigenvalue weighted by Crippen LogP contribution is 2.33. The van der Waals surface area contributed by atoms with Crippen LogP contribution >= 0.6 is 11.6 Å². The number of hydrogen-bond donors (Lipinski definition) is 3. The monoisotopic (exact) mass is 504 g/mol. The molecule has 2 rings (SSSR count). The van der Waals surface area contributed by atoms with E-state index in [1.54, 1.807) is 37.9 Å². The van der Waals surface area contributed by atoms with Crippen molar-refractivity contribution < 1.29 is 18.7 Å². The summed E-state index contributed by atoms with van der Waals surface area (Å²) in [6.45, 7) is 9.16. The van der Waals surface area contributed by atoms with Gasteiger partial charge in [0.1, 0.15) is 0 Å². The summed E-state index contributed by atoms with van der Waals surface area (Å²) in [5.41, 5.74) is 9.10. The van der Waals surface area contributed by atoms with Crippen molar-refractivity contribution in [2.24, 2.45) is 10.7 Å². The van der Waals surface area contributed by atoms with Crippen molar-refractivity contribution >= 4 is 40.2 Å². The molecule has 2 unspecified atom stereocenters. The van der Waals surface area contributed by atoms with Crippen molar-refractivity contribution in [2.75, 3.05) is 23.8 Å². The van der Waals surface area contributed by atoms with Gasteiger partial charge in [0.15, 0.2) is 0 Å². The topological polar surface area (TPSA) is 91.0 Å². The van der Waals surface area contributed by atoms with Crippen molar-refractivity contribution in [3.05, 3.63) is 77.0 Å². The van der Waals surface area contributed by atoms with E-state index >= 15 is 0 Å². The quantitative estimate of drug-likeness (QED) is 0.377. The minimum absolute atomic E-state index is 0.0643. The number of amides is 1. The molecule has 0 aromatic heterocycles. The second-order valence-electron chi connectivity index (χ2n) is 8.31. The van der Waals surface area contributed by atoms with Crippen molar-refractivity contribution in [1.82, 2.24) is 0 Å². The van der Waals surface area contributed by atoms with Gasteiger partial charge in [0, 0.05) is 29.5 Å². The van der Waals surface area contributed by atoms with Crippen LogP contribution in [0.25, 0.3) is 5.57 Å². The van der Waals surface area contributed by atoms with Crippen LogP contribution in [0.15, 0.2) is 60.2 Å². The fourth-order valence-electron chi connectivity index (χ4n) is 3.22. The van der Waals surface area contributed by atoms with Gasteiger partial charge in [-0.15, -0.1) is 0 Å². The predicted octanol–water partition coefficient (Wildman–Crippen LogP) is 5.42. The maximum atomic E-state index is 12.8. The molecule has 1 amide bonds. The van der Waals surface area contributed by atoms with E-state index in [1.165, 1.54) is 30.5 Å². The summed E-state index contributed by atoms with van der Waals surface area (Å²) in [5, 5.41) is 13.0. The van der Waals surface area contributed by atoms with Gasteiger partial charge in [-0.25, -0.2) is 8.78 Å². The van der Waals surface area contributed by atoms with Gasteiger partial charge in [0.25, 0.3) is 6.43 Å². The van der Waals surface area contributed by atoms with Gasteiger partial charge in [-0.2, -0.15) is 0 Å². The number of halogens is 3. The molecule has 35 heavy (non-hydrogen) atoms. The van der Waals surface area contributed by atoms with E-state index in [4.69, 9.17) is 17.3 Å². The van der Waals surface area contributed by atoms with Crippen molar-refractivity contribution in [3.8, 4) is 0 Å². The van der Waals surface area contributed by atoms with Crippen LogP contribution in [0.5, 0.6) is 0 Å². The number of hydrogen-bond acceptors (Lipinski definition) is 5. The summed E-state index contributed by atoms with van der Waals surface area (Å²) < 4.78 is 25.6. The van der Waals surface area contributed by atoms with Crippen LogP contribution in [0.1, 0.15) is 43.9 Å². The fraction of sp³-hybridized carbons (Fsp3) is 0.308. The van der Waals surface area contributed by atoms with Gasteiger partial charge in [0.05, 0.1) is 29.4 Å². The first-order valence-electron chi connectivity index (χ1n) is 11.0. The number of likely N-dealkylation sites (N-methyl/N-ethyl adjacent to an activating group) is 1. The number of aliphatic hydroxyl groups excluding tert-OH is 1. The number of nitrogens with one attached hydrogen (secondary N) is 1. The maximum Gasteiger partial charge on any atom is 0.263 e. The van der Waals surface area contributed by atoms with E-state index in [-0.39, 0.29) is 18.0 Å². The van der Waals surface area contributed by atoms with Gasteiger partial charge in [0.2, 0.25) is 5.91 Å². The lowest BCUT2D eigenvalue weighted by atomic mass is 9.99. The Hall–Kier alpha value is -3.23. The van der Waals surface area contributed by atoms with Crippen LogP contribution in [-0.4, -0.2) is 42.5 Å². The van der Waals surface area contributed by atoms with Gasteiger partial charge in [-0.3, -0.25) is 9.79 Å². The highest BCUT2D eigenvalue weighted by Gasteiger charge is 2.20. The predicted molar refractivity (Wildman–Crippen MR) is 140 cm³/mol. The minimum Gasteiger partial charge on any atom is -0.405 e. The molecular formula is C26H31ClF2N4O2. The first-order valence-corrected chi connectivity index (χ1v) is 11.3. The molecule has 4 N–H and O–H groups in total. The van der Waals surface area contributed by atoms with E-state index in [1.807, 2.05) is 13.0 Å². The SMILES string of the molecule is C=C(C)c1cc(Cl)c(C(C=CN)=NC(C)C(C)O)c(N(C)CC(=O)Nc2ccc(C(F)F)cc2)c1. The van der Waals surface area contributed by atoms with Crippen LogP contribution in [0.2, 0.25) is 5.02 Å². The number of nitrogens with two attached hydrogens (primary N) is 1. The Kier molecular flexibility index (Phi) is 9.98. The zero-order valence-electron chi connectivity index (χ0n) is 20.2. The lowest BCUT2D eigenvalue weighted by Gasteiger charge is -2.25. The summed E-state index contributed by atoms with van der Waals surface area (Å²) in [7, 11) is 1.72. The first kappa shape index (κ1) is 28.0. The average Bonchev–Trinajstić information content (AvgIpc) is 2.78. The largest absolute Gasteiger partial charge is 0.405 e. The maximum absolute atomic E-state index is 12.8. The molecule has 0 aliphatic carbocycles. The first-order chi connectivity index (χ1) is 16.4. The highest BCUT2D eigenvalue weighted by molar-refractivity contribution is 6.36. The van der Waals surface area contributed by atoms with Gasteiger partial charge in [-0.1, -0.05) is 35.9 Å². The zero-order chi connectivity index (χ0) is 26.3. The molecule has 0 radical (unpaired) electrons. The van der Waals surface area contributed by atoms with Crippen LogP contribution in [0, 0.1) is 0 Å². The highest BCUT2D eigenvalue weighted by atomic mass is 35.5. The van der Waals surface area contributed by atoms with E-state index in [0.29, 0.717) is 27.7 Å². The van der Waals surface area contributed by atoms with Gasteiger partial charge in [-0.05, 0) is 62.9 Å². The third-order valence-corrected chi connectivity index (χ3v) is 5.65. The molecular weight excluding hydrogens is 474 g/mol. The number of carbonyl (C=O) groups is 1. The summed E-state index contributed by atoms with van der Waals surface area (Å²) >= 11 is 6.68. The average molecular weight is 505 g/mol. The number of carbonyl (C=O) groups excluding carboxylic acids is 1. The number of nitrogens with zero attached hydrogens (tertiary/aromatic N) is 2. The van der Waals surface area contributed by atoms with Crippen LogP contribution in [0.3, 0.4) is 0 Å². The number of allylic oxidation sites excluding steroid dienone is 2. The molecule has 0 aliphatic rings. The zero-order valence-corrected chi connectivity index (χ0v) is 21.0. The standard InChI is InChI=1S/C26H31ClF2N4O2/c1-15(2)19-12-21(27)25(22(10-11-30)31-16(3)17(4)34)23(13-19)33(5)14-24(35)32-20-8-6-18(7-9-20)26(28)29/h6-13,16-17,26,34H,1,14,30H2,2-5H3,(H,32,35). The van der Waals surface area contributed by atoms with Crippen LogP contribution < -0.4 is 16.0 Å². The molecule has 2 aromatic carbocycles. The molecule has 0 heterocycles. The van der Waals surface area contributed by atoms with E-state index < -0.39 is 18.6 Å². The van der Waals surface area contributed by atoms with E-state index in [2.05, 4.69) is 16.9 Å². The molecule has 6 nitrogen and oxygen atoms in total. The van der Waals surface area contributed by atoms with E-state index in [0.717, 1.165) is 11.1 Å². The Morgan fingerprint density at radius 1 is 1.29 bits per heavy atom. The fourth-order valence-corrected chi connectivity index (χ4v) is 3.53. The normalized spacial score (nSPS) is 13.7. The summed E-state index contributed by atoms with van der Waals surface area (Å²) in [6, 6.07) is 8.56. The van der Waals surface area contributed by atoms with Crippen molar-refractivity contribution in [3.63, 3.8) is 0 Å². The number of benzene rings is 2. The molecule has 0 fully saturated rings. The third-order valence-electron chi connectivity index (χ3n) is 5.35. The van der Waals surface area contributed by atoms with E-state index in [9.17, 15) is 18.7 Å². The molecule has 9 heteroatoms. The molecule has 0 spiro atoms. The number of alkyl halides is 2. The Labute approximate surface area is 209 Å². The molecule has 0 bridgehead atoms. The second kappa shape index (κ2) is 12.5. The number of anilines is 2. The number of aliphatic imine (C=N–C) groups is 1. The summed E-state index contributed by atoms with van der Waals surface area (Å²) in [5.74, 6) is -0.356. The van der Waals surface area contributed by atoms with Crippen LogP contribution in [0.4, 0.5) is 20.2 Å². The molecule has 0 saturated heterocycles. The Morgan fingerprint density at radius 3 is 2.43 bits per heavy atom. The Morgan fingerprint density at radius 2 is 1.91 bits per heavy atom.